The van der Waals surface area contributed by atoms with Gasteiger partial charge in [-0.1, -0.05) is 12.1 Å². The highest BCUT2D eigenvalue weighted by Crippen LogP contribution is 2.42. The second-order valence-corrected chi connectivity index (χ2v) is 8.61. The highest BCUT2D eigenvalue weighted by molar-refractivity contribution is 5.99. The van der Waals surface area contributed by atoms with Crippen molar-refractivity contribution >= 4 is 22.7 Å². The number of nitrogens with one attached hydrogen (secondary N) is 2. The molecular weight excluding hydrogens is 413 g/mol. The normalized spacial score (nSPS) is 16.8. The number of rotatable bonds is 6. The van der Waals surface area contributed by atoms with Gasteiger partial charge in [-0.3, -0.25) is 14.7 Å². The molecule has 1 aliphatic carbocycles. The maximum atomic E-state index is 14.0. The molecule has 2 amide bonds. The Morgan fingerprint density at radius 3 is 2.88 bits per heavy atom. The van der Waals surface area contributed by atoms with Crippen molar-refractivity contribution in [2.24, 2.45) is 0 Å². The summed E-state index contributed by atoms with van der Waals surface area (Å²) in [5, 5.41) is 7.89. The number of benzene rings is 1. The van der Waals surface area contributed by atoms with Gasteiger partial charge < -0.3 is 19.5 Å². The lowest BCUT2D eigenvalue weighted by molar-refractivity contribution is 0.0455. The van der Waals surface area contributed by atoms with Gasteiger partial charge in [-0.2, -0.15) is 5.10 Å². The van der Waals surface area contributed by atoms with Crippen LogP contribution in [-0.2, 0) is 17.7 Å². The van der Waals surface area contributed by atoms with Crippen molar-refractivity contribution in [3.05, 3.63) is 52.7 Å². The number of ether oxygens (including phenoxy) is 1. The minimum Gasteiger partial charge on any atom is -0.379 e. The van der Waals surface area contributed by atoms with Gasteiger partial charge in [0.2, 0.25) is 0 Å². The van der Waals surface area contributed by atoms with E-state index in [1.54, 1.807) is 35.0 Å². The van der Waals surface area contributed by atoms with Crippen molar-refractivity contribution in [2.75, 3.05) is 26.8 Å². The second-order valence-electron chi connectivity index (χ2n) is 8.61. The first kappa shape index (κ1) is 20.7. The number of carbonyl (C=O) groups is 2. The van der Waals surface area contributed by atoms with Gasteiger partial charge in [-0.05, 0) is 31.9 Å². The topological polar surface area (TPSA) is 94.3 Å². The molecule has 3 aromatic rings. The molecule has 168 valence electrons. The number of likely N-dealkylation sites (N-methyl/N-ethyl adjacent to an activating group) is 1. The lowest BCUT2D eigenvalue weighted by Gasteiger charge is -2.29. The van der Waals surface area contributed by atoms with Crippen molar-refractivity contribution in [3.63, 3.8) is 0 Å². The summed E-state index contributed by atoms with van der Waals surface area (Å²) >= 11 is 0. The minimum absolute atomic E-state index is 0.141. The molecule has 1 aliphatic heterocycles. The van der Waals surface area contributed by atoms with Crippen LogP contribution in [0.3, 0.4) is 0 Å². The number of nitrogens with zero attached hydrogens (tertiary/aromatic N) is 3. The molecule has 32 heavy (non-hydrogen) atoms. The number of amides is 2. The van der Waals surface area contributed by atoms with E-state index in [1.807, 2.05) is 6.92 Å². The average molecular weight is 439 g/mol. The van der Waals surface area contributed by atoms with E-state index in [-0.39, 0.29) is 23.9 Å². The molecule has 9 heteroatoms. The number of fused-ring (bicyclic) bond motifs is 2. The molecule has 3 heterocycles. The summed E-state index contributed by atoms with van der Waals surface area (Å²) in [5.74, 6) is -0.763. The Bertz CT molecular complexity index is 1200. The number of aromatic nitrogens is 3. The number of para-hydroxylation sites is 1. The molecule has 0 radical (unpaired) electrons. The number of halogens is 1. The van der Waals surface area contributed by atoms with Crippen LogP contribution in [-0.4, -0.2) is 69.1 Å². The Morgan fingerprint density at radius 2 is 2.16 bits per heavy atom. The quantitative estimate of drug-likeness (QED) is 0.618. The van der Waals surface area contributed by atoms with Gasteiger partial charge in [0.05, 0.1) is 29.9 Å². The highest BCUT2D eigenvalue weighted by Gasteiger charge is 2.49. The summed E-state index contributed by atoms with van der Waals surface area (Å²) in [4.78, 5) is 32.7. The minimum atomic E-state index is -0.394. The van der Waals surface area contributed by atoms with E-state index in [4.69, 9.17) is 4.74 Å². The third-order valence-electron chi connectivity index (χ3n) is 6.68. The van der Waals surface area contributed by atoms with E-state index in [0.717, 1.165) is 24.1 Å². The van der Waals surface area contributed by atoms with E-state index in [9.17, 15) is 14.0 Å². The molecule has 0 spiro atoms. The molecule has 2 N–H and O–H groups in total. The predicted molar refractivity (Wildman–Crippen MR) is 116 cm³/mol. The molecule has 0 saturated heterocycles. The van der Waals surface area contributed by atoms with Crippen LogP contribution in [0.15, 0.2) is 24.3 Å². The lowest BCUT2D eigenvalue weighted by Crippen LogP contribution is -2.43. The van der Waals surface area contributed by atoms with E-state index < -0.39 is 5.82 Å². The zero-order valence-electron chi connectivity index (χ0n) is 18.2. The molecule has 8 nitrogen and oxygen atoms in total. The smallest absolute Gasteiger partial charge is 0.272 e. The van der Waals surface area contributed by atoms with Gasteiger partial charge in [-0.25, -0.2) is 4.39 Å². The fourth-order valence-electron chi connectivity index (χ4n) is 4.44. The molecule has 5 rings (SSSR count). The summed E-state index contributed by atoms with van der Waals surface area (Å²) in [6, 6.07) is 6.40. The van der Waals surface area contributed by atoms with Crippen LogP contribution >= 0.6 is 0 Å². The fourth-order valence-corrected chi connectivity index (χ4v) is 4.44. The van der Waals surface area contributed by atoms with Crippen LogP contribution in [0.4, 0.5) is 4.39 Å². The molecule has 0 atom stereocenters. The second kappa shape index (κ2) is 7.74. The summed E-state index contributed by atoms with van der Waals surface area (Å²) in [7, 11) is 1.80. The van der Waals surface area contributed by atoms with Crippen LogP contribution in [0, 0.1) is 5.82 Å². The highest BCUT2D eigenvalue weighted by atomic mass is 19.1. The zero-order chi connectivity index (χ0) is 22.5. The van der Waals surface area contributed by atoms with Crippen LogP contribution in [0.25, 0.3) is 10.9 Å². The van der Waals surface area contributed by atoms with Crippen molar-refractivity contribution in [1.29, 1.82) is 0 Å². The summed E-state index contributed by atoms with van der Waals surface area (Å²) in [5.41, 5.74) is 2.36. The first-order valence-corrected chi connectivity index (χ1v) is 10.9. The number of hydrogen-bond donors (Lipinski definition) is 2. The van der Waals surface area contributed by atoms with Crippen LogP contribution < -0.4 is 0 Å². The summed E-state index contributed by atoms with van der Waals surface area (Å²) in [6.45, 7) is 3.82. The van der Waals surface area contributed by atoms with Gasteiger partial charge in [0.15, 0.2) is 0 Å². The Hall–Kier alpha value is -3.20. The molecule has 2 aromatic heterocycles. The van der Waals surface area contributed by atoms with Gasteiger partial charge in [0.1, 0.15) is 17.2 Å². The molecule has 0 bridgehead atoms. The first-order valence-electron chi connectivity index (χ1n) is 10.9. The lowest BCUT2D eigenvalue weighted by atomic mass is 10.0. The molecule has 2 aliphatic rings. The van der Waals surface area contributed by atoms with Gasteiger partial charge in [0.25, 0.3) is 11.8 Å². The van der Waals surface area contributed by atoms with Gasteiger partial charge >= 0.3 is 0 Å². The van der Waals surface area contributed by atoms with Crippen molar-refractivity contribution in [3.8, 4) is 0 Å². The van der Waals surface area contributed by atoms with Crippen molar-refractivity contribution in [1.82, 2.24) is 25.0 Å². The number of aromatic amines is 2. The molecular formula is C23H26FN5O3. The monoisotopic (exact) mass is 439 g/mol. The fraction of sp³-hybridized carbons (Fsp3) is 0.435. The SMILES string of the molecule is CCOCC1(N(C)C(=O)c2[nH]nc3c2CN(C(=O)c2cc4cccc(F)c4[nH]2)CC3)CC1. The molecule has 1 aromatic carbocycles. The molecule has 0 unspecified atom stereocenters. The molecule has 1 saturated carbocycles. The van der Waals surface area contributed by atoms with E-state index in [2.05, 4.69) is 15.2 Å². The maximum Gasteiger partial charge on any atom is 0.272 e. The Kier molecular flexibility index (Phi) is 5.00. The van der Waals surface area contributed by atoms with E-state index >= 15 is 0 Å². The van der Waals surface area contributed by atoms with Gasteiger partial charge in [0, 0.05) is 37.6 Å². The number of hydrogen-bond acceptors (Lipinski definition) is 4. The Labute approximate surface area is 184 Å². The largest absolute Gasteiger partial charge is 0.379 e. The predicted octanol–water partition coefficient (Wildman–Crippen LogP) is 2.87. The maximum absolute atomic E-state index is 14.0. The van der Waals surface area contributed by atoms with Crippen LogP contribution in [0.1, 0.15) is 52.0 Å². The Morgan fingerprint density at radius 1 is 1.34 bits per heavy atom. The molecule has 1 fully saturated rings. The van der Waals surface area contributed by atoms with Crippen molar-refractivity contribution < 1.29 is 18.7 Å². The van der Waals surface area contributed by atoms with E-state index in [0.29, 0.717) is 48.5 Å². The standard InChI is InChI=1S/C23H26FN5O3/c1-3-32-13-23(8-9-23)28(2)22(31)20-15-12-29(10-7-17(15)26-27-20)21(30)18-11-14-5-4-6-16(24)19(14)25-18/h4-6,11,25H,3,7-10,12-13H2,1-2H3,(H,26,27). The van der Waals surface area contributed by atoms with E-state index in [1.165, 1.54) is 6.07 Å². The first-order chi connectivity index (χ1) is 15.4. The third-order valence-corrected chi connectivity index (χ3v) is 6.68. The van der Waals surface area contributed by atoms with Crippen LogP contribution in [0.5, 0.6) is 0 Å². The Balaban J connectivity index is 1.37. The summed E-state index contributed by atoms with van der Waals surface area (Å²) < 4.78 is 19.6. The zero-order valence-corrected chi connectivity index (χ0v) is 18.2. The van der Waals surface area contributed by atoms with Crippen molar-refractivity contribution in [2.45, 2.75) is 38.3 Å². The number of H-pyrrole nitrogens is 2. The average Bonchev–Trinajstić information content (AvgIpc) is 3.26. The van der Waals surface area contributed by atoms with Crippen LogP contribution in [0.2, 0.25) is 0 Å². The number of carbonyl (C=O) groups excluding carboxylic acids is 2. The summed E-state index contributed by atoms with van der Waals surface area (Å²) in [6.07, 6.45) is 2.37. The van der Waals surface area contributed by atoms with Gasteiger partial charge in [-0.15, -0.1) is 0 Å². The third kappa shape index (κ3) is 3.37.